The van der Waals surface area contributed by atoms with E-state index in [1.807, 2.05) is 0 Å². The summed E-state index contributed by atoms with van der Waals surface area (Å²) in [6, 6.07) is 0. The first kappa shape index (κ1) is 20.9. The number of hydrogen-bond acceptors (Lipinski definition) is 6. The van der Waals surface area contributed by atoms with E-state index in [2.05, 4.69) is 0 Å². The summed E-state index contributed by atoms with van der Waals surface area (Å²) >= 11 is 0. The molecule has 0 aromatic carbocycles. The van der Waals surface area contributed by atoms with Crippen LogP contribution in [0.4, 0.5) is 0 Å². The molecular weight excluding hydrogens is 260 g/mol. The molecule has 88 valence electrons. The maximum atomic E-state index is 9.56. The van der Waals surface area contributed by atoms with E-state index in [0.717, 1.165) is 0 Å². The molecule has 0 rings (SSSR count). The van der Waals surface area contributed by atoms with E-state index in [1.54, 1.807) is 0 Å². The van der Waals surface area contributed by atoms with Gasteiger partial charge in [0.05, 0.1) is 20.2 Å². The van der Waals surface area contributed by atoms with Crippen molar-refractivity contribution in [2.24, 2.45) is 0 Å². The predicted molar refractivity (Wildman–Crippen MR) is 53.3 cm³/mol. The maximum absolute atomic E-state index is 9.56. The van der Waals surface area contributed by atoms with E-state index >= 15 is 0 Å². The van der Waals surface area contributed by atoms with Gasteiger partial charge < -0.3 is 20.6 Å². The SMILES string of the molecule is [Mg+2].[NH-]CCS(=O)(=O)[O-].[NH-]CCS(=O)(=O)[O-]. The summed E-state index contributed by atoms with van der Waals surface area (Å²) in [6.07, 6.45) is 0. The van der Waals surface area contributed by atoms with Crippen molar-refractivity contribution in [3.8, 4) is 0 Å². The molecule has 0 atom stereocenters. The van der Waals surface area contributed by atoms with Crippen molar-refractivity contribution in [3.63, 3.8) is 0 Å². The molecule has 0 aliphatic carbocycles. The van der Waals surface area contributed by atoms with Crippen LogP contribution in [0.2, 0.25) is 0 Å². The van der Waals surface area contributed by atoms with Crippen molar-refractivity contribution in [2.75, 3.05) is 24.6 Å². The smallest absolute Gasteiger partial charge is 0.748 e. The molecule has 0 spiro atoms. The Morgan fingerprint density at radius 2 is 1.00 bits per heavy atom. The van der Waals surface area contributed by atoms with Gasteiger partial charge in [-0.05, 0) is 0 Å². The Morgan fingerprint density at radius 1 is 0.800 bits per heavy atom. The van der Waals surface area contributed by atoms with Crippen LogP contribution in [0.1, 0.15) is 0 Å². The topological polar surface area (TPSA) is 162 Å². The Labute approximate surface area is 105 Å². The van der Waals surface area contributed by atoms with Crippen LogP contribution >= 0.6 is 0 Å². The largest absolute Gasteiger partial charge is 2.00 e. The second-order valence-electron chi connectivity index (χ2n) is 2.02. The second kappa shape index (κ2) is 9.71. The Bertz CT molecular complexity index is 291. The number of hydrogen-bond donors (Lipinski definition) is 0. The van der Waals surface area contributed by atoms with Crippen LogP contribution in [-0.2, 0) is 20.2 Å². The van der Waals surface area contributed by atoms with Gasteiger partial charge in [0, 0.05) is 11.5 Å². The summed E-state index contributed by atoms with van der Waals surface area (Å²) in [7, 11) is -8.22. The predicted octanol–water partition coefficient (Wildman–Crippen LogP) is -1.21. The van der Waals surface area contributed by atoms with Crippen molar-refractivity contribution < 1.29 is 25.9 Å². The second-order valence-corrected chi connectivity index (χ2v) is 5.07. The van der Waals surface area contributed by atoms with Gasteiger partial charge >= 0.3 is 23.1 Å². The minimum Gasteiger partial charge on any atom is -0.748 e. The first-order chi connectivity index (χ1) is 6.12. The van der Waals surface area contributed by atoms with Gasteiger partial charge in [-0.2, -0.15) is 0 Å². The molecular formula is C4H10MgN2O6S2-2. The molecule has 0 aromatic rings. The molecule has 0 bridgehead atoms. The van der Waals surface area contributed by atoms with Gasteiger partial charge in [0.2, 0.25) is 0 Å². The molecule has 0 unspecified atom stereocenters. The first-order valence-electron chi connectivity index (χ1n) is 3.28. The van der Waals surface area contributed by atoms with Gasteiger partial charge in [-0.3, -0.25) is 0 Å². The zero-order valence-corrected chi connectivity index (χ0v) is 10.8. The molecule has 0 aromatic heterocycles. The van der Waals surface area contributed by atoms with Crippen molar-refractivity contribution in [2.45, 2.75) is 0 Å². The van der Waals surface area contributed by atoms with Crippen LogP contribution in [0, 0.1) is 0 Å². The van der Waals surface area contributed by atoms with Gasteiger partial charge in [0.15, 0.2) is 0 Å². The molecule has 15 heavy (non-hydrogen) atoms. The molecule has 0 amide bonds. The molecule has 0 saturated heterocycles. The van der Waals surface area contributed by atoms with Gasteiger partial charge in [-0.1, -0.05) is 0 Å². The minimum absolute atomic E-state index is 0. The summed E-state index contributed by atoms with van der Waals surface area (Å²) in [5.74, 6) is -1.15. The Hall–Kier alpha value is 0.506. The molecule has 0 aliphatic rings. The van der Waals surface area contributed by atoms with Crippen LogP contribution in [0.15, 0.2) is 0 Å². The molecule has 2 N–H and O–H groups in total. The molecule has 0 saturated carbocycles. The van der Waals surface area contributed by atoms with Crippen LogP contribution in [-0.4, -0.2) is 73.6 Å². The molecule has 8 nitrogen and oxygen atoms in total. The summed E-state index contributed by atoms with van der Waals surface area (Å²) in [4.78, 5) is 0. The van der Waals surface area contributed by atoms with E-state index in [9.17, 15) is 25.9 Å². The fourth-order valence-electron chi connectivity index (χ4n) is 0.250. The Morgan fingerprint density at radius 3 is 1.00 bits per heavy atom. The maximum Gasteiger partial charge on any atom is 2.00 e. The third kappa shape index (κ3) is 31.4. The summed E-state index contributed by atoms with van der Waals surface area (Å²) in [6.45, 7) is -0.683. The average Bonchev–Trinajstić information content (AvgIpc) is 1.81. The molecule has 0 aliphatic heterocycles. The van der Waals surface area contributed by atoms with Crippen molar-refractivity contribution in [3.05, 3.63) is 11.5 Å². The van der Waals surface area contributed by atoms with Gasteiger partial charge in [0.1, 0.15) is 0 Å². The standard InChI is InChI=1S/2C2H6NO3S.Mg/c2*3-1-2-7(4,5)6;/h2*3H,1-2H2,(H,4,5,6);/q2*-1;+2/p-2. The van der Waals surface area contributed by atoms with Gasteiger partial charge in [0.25, 0.3) is 0 Å². The molecule has 0 heterocycles. The number of rotatable bonds is 4. The van der Waals surface area contributed by atoms with E-state index < -0.39 is 31.7 Å². The van der Waals surface area contributed by atoms with E-state index in [4.69, 9.17) is 11.5 Å². The summed E-state index contributed by atoms with van der Waals surface area (Å²) in [5.41, 5.74) is 12.6. The fourth-order valence-corrected chi connectivity index (χ4v) is 0.750. The zero-order chi connectivity index (χ0) is 11.8. The Kier molecular flexibility index (Phi) is 13.5. The first-order valence-corrected chi connectivity index (χ1v) is 6.44. The van der Waals surface area contributed by atoms with Crippen LogP contribution in [0.25, 0.3) is 11.5 Å². The van der Waals surface area contributed by atoms with Crippen LogP contribution in [0.5, 0.6) is 0 Å². The fraction of sp³-hybridized carbons (Fsp3) is 1.00. The van der Waals surface area contributed by atoms with E-state index in [-0.39, 0.29) is 36.1 Å². The number of nitrogens with one attached hydrogen (secondary N) is 2. The summed E-state index contributed by atoms with van der Waals surface area (Å²) < 4.78 is 57.3. The normalized spacial score (nSPS) is 10.9. The van der Waals surface area contributed by atoms with Crippen molar-refractivity contribution >= 4 is 43.3 Å². The molecule has 0 fully saturated rings. The quantitative estimate of drug-likeness (QED) is 0.459. The van der Waals surface area contributed by atoms with Crippen LogP contribution in [0.3, 0.4) is 0 Å². The van der Waals surface area contributed by atoms with Crippen molar-refractivity contribution in [1.29, 1.82) is 0 Å². The van der Waals surface area contributed by atoms with Gasteiger partial charge in [-0.15, -0.1) is 13.1 Å². The Balaban J connectivity index is -0.000000180. The zero-order valence-electron chi connectivity index (χ0n) is 7.80. The minimum atomic E-state index is -4.11. The van der Waals surface area contributed by atoms with Crippen molar-refractivity contribution in [1.82, 2.24) is 0 Å². The summed E-state index contributed by atoms with van der Waals surface area (Å²) in [5, 5.41) is 0. The van der Waals surface area contributed by atoms with Crippen LogP contribution < -0.4 is 0 Å². The van der Waals surface area contributed by atoms with Gasteiger partial charge in [-0.25, -0.2) is 16.8 Å². The third-order valence-electron chi connectivity index (χ3n) is 0.704. The molecule has 0 radical (unpaired) electrons. The average molecular weight is 271 g/mol. The van der Waals surface area contributed by atoms with E-state index in [0.29, 0.717) is 0 Å². The monoisotopic (exact) mass is 270 g/mol. The van der Waals surface area contributed by atoms with E-state index in [1.165, 1.54) is 0 Å². The third-order valence-corrected chi connectivity index (χ3v) is 2.11. The molecule has 11 heteroatoms.